The fourth-order valence-electron chi connectivity index (χ4n) is 2.61. The van der Waals surface area contributed by atoms with E-state index in [2.05, 4.69) is 0 Å². The van der Waals surface area contributed by atoms with Crippen LogP contribution in [-0.4, -0.2) is 13.8 Å². The van der Waals surface area contributed by atoms with Gasteiger partial charge >= 0.3 is 0 Å². The highest BCUT2D eigenvalue weighted by atomic mass is 31.2. The minimum absolute atomic E-state index is 0.671. The number of benzene rings is 2. The van der Waals surface area contributed by atoms with Crippen molar-refractivity contribution in [3.63, 3.8) is 0 Å². The average Bonchev–Trinajstić information content (AvgIpc) is 2.71. The topological polar surface area (TPSA) is 29.5 Å². The highest BCUT2D eigenvalue weighted by molar-refractivity contribution is 7.72. The van der Waals surface area contributed by atoms with Gasteiger partial charge in [0, 0.05) is 12.0 Å². The molecule has 19 heavy (non-hydrogen) atoms. The Labute approximate surface area is 113 Å². The van der Waals surface area contributed by atoms with Gasteiger partial charge < -0.3 is 9.41 Å². The summed E-state index contributed by atoms with van der Waals surface area (Å²) in [5.74, 6) is 0.761. The van der Waals surface area contributed by atoms with Crippen LogP contribution in [0.1, 0.15) is 5.56 Å². The lowest BCUT2D eigenvalue weighted by Gasteiger charge is -2.25. The predicted octanol–water partition coefficient (Wildman–Crippen LogP) is 3.25. The van der Waals surface area contributed by atoms with Crippen LogP contribution in [0.4, 0.5) is 5.69 Å². The van der Waals surface area contributed by atoms with Gasteiger partial charge in [0.1, 0.15) is 5.75 Å². The summed E-state index contributed by atoms with van der Waals surface area (Å²) < 4.78 is 20.5. The molecule has 3 rings (SSSR count). The summed E-state index contributed by atoms with van der Waals surface area (Å²) in [6, 6.07) is 15.7. The minimum atomic E-state index is -2.55. The number of nitrogens with zero attached hydrogens (tertiary/aromatic N) is 1. The Balaban J connectivity index is 2.12. The number of para-hydroxylation sites is 2. The number of anilines is 1. The number of rotatable bonds is 2. The van der Waals surface area contributed by atoms with Gasteiger partial charge in [-0.2, -0.15) is 0 Å². The second kappa shape index (κ2) is 4.43. The maximum atomic E-state index is 13.1. The van der Waals surface area contributed by atoms with Crippen LogP contribution >= 0.6 is 7.29 Å². The Bertz CT molecular complexity index is 669. The Kier molecular flexibility index (Phi) is 2.87. The second-order valence-corrected chi connectivity index (χ2v) is 7.46. The zero-order valence-corrected chi connectivity index (χ0v) is 11.9. The molecule has 1 aliphatic heterocycles. The second-order valence-electron chi connectivity index (χ2n) is 4.74. The van der Waals surface area contributed by atoms with Crippen molar-refractivity contribution in [3.05, 3.63) is 54.1 Å². The first-order chi connectivity index (χ1) is 9.14. The average molecular weight is 273 g/mol. The largest absolute Gasteiger partial charge is 0.495 e. The molecule has 0 aliphatic carbocycles. The van der Waals surface area contributed by atoms with Gasteiger partial charge in [-0.05, 0) is 23.8 Å². The molecular formula is C15H16NO2P. The quantitative estimate of drug-likeness (QED) is 0.787. The molecule has 0 aromatic heterocycles. The third-order valence-electron chi connectivity index (χ3n) is 3.58. The van der Waals surface area contributed by atoms with Crippen LogP contribution < -0.4 is 14.7 Å². The van der Waals surface area contributed by atoms with E-state index < -0.39 is 7.29 Å². The molecule has 0 radical (unpaired) electrons. The zero-order chi connectivity index (χ0) is 13.5. The van der Waals surface area contributed by atoms with Gasteiger partial charge in [-0.25, -0.2) is 0 Å². The van der Waals surface area contributed by atoms with E-state index in [9.17, 15) is 4.57 Å². The summed E-state index contributed by atoms with van der Waals surface area (Å²) >= 11 is 0. The van der Waals surface area contributed by atoms with Gasteiger partial charge in [0.15, 0.2) is 7.29 Å². The number of hydrogen-bond acceptors (Lipinski definition) is 2. The molecular weight excluding hydrogens is 257 g/mol. The molecule has 3 nitrogen and oxygen atoms in total. The summed E-state index contributed by atoms with van der Waals surface area (Å²) in [5, 5.41) is 0.959. The van der Waals surface area contributed by atoms with Crippen LogP contribution in [0.2, 0.25) is 0 Å². The Morgan fingerprint density at radius 2 is 1.79 bits per heavy atom. The Hall–Kier alpha value is -1.73. The fraction of sp³-hybridized carbons (Fsp3) is 0.200. The molecule has 0 N–H and O–H groups in total. The SMILES string of the molecule is COc1ccccc1N1Cc2ccccc2P1(C)=O. The van der Waals surface area contributed by atoms with Gasteiger partial charge in [0.25, 0.3) is 0 Å². The highest BCUT2D eigenvalue weighted by Gasteiger charge is 2.37. The third kappa shape index (κ3) is 1.85. The van der Waals surface area contributed by atoms with E-state index in [1.54, 1.807) is 7.11 Å². The lowest BCUT2D eigenvalue weighted by atomic mass is 10.2. The van der Waals surface area contributed by atoms with Gasteiger partial charge in [0.05, 0.1) is 19.3 Å². The van der Waals surface area contributed by atoms with Crippen LogP contribution in [0.5, 0.6) is 5.75 Å². The van der Waals surface area contributed by atoms with Crippen LogP contribution in [0, 0.1) is 0 Å². The van der Waals surface area contributed by atoms with Crippen LogP contribution in [-0.2, 0) is 11.1 Å². The molecule has 1 heterocycles. The zero-order valence-electron chi connectivity index (χ0n) is 11.0. The van der Waals surface area contributed by atoms with E-state index >= 15 is 0 Å². The van der Waals surface area contributed by atoms with Gasteiger partial charge in [-0.3, -0.25) is 4.57 Å². The summed E-state index contributed by atoms with van der Waals surface area (Å²) in [6.07, 6.45) is 0. The predicted molar refractivity (Wildman–Crippen MR) is 78.8 cm³/mol. The molecule has 0 fully saturated rings. The molecule has 0 bridgehead atoms. The van der Waals surface area contributed by atoms with Crippen molar-refractivity contribution in [2.24, 2.45) is 0 Å². The molecule has 2 aromatic carbocycles. The van der Waals surface area contributed by atoms with E-state index in [-0.39, 0.29) is 0 Å². The van der Waals surface area contributed by atoms with E-state index in [4.69, 9.17) is 4.74 Å². The smallest absolute Gasteiger partial charge is 0.198 e. The van der Waals surface area contributed by atoms with Crippen molar-refractivity contribution in [1.29, 1.82) is 0 Å². The Morgan fingerprint density at radius 1 is 1.11 bits per heavy atom. The first-order valence-electron chi connectivity index (χ1n) is 6.21. The lowest BCUT2D eigenvalue weighted by Crippen LogP contribution is -2.15. The monoisotopic (exact) mass is 273 g/mol. The lowest BCUT2D eigenvalue weighted by molar-refractivity contribution is 0.415. The first-order valence-corrected chi connectivity index (χ1v) is 8.32. The Morgan fingerprint density at radius 3 is 2.53 bits per heavy atom. The van der Waals surface area contributed by atoms with Crippen LogP contribution in [0.3, 0.4) is 0 Å². The summed E-state index contributed by atoms with van der Waals surface area (Å²) in [4.78, 5) is 0. The maximum absolute atomic E-state index is 13.1. The van der Waals surface area contributed by atoms with E-state index in [1.807, 2.05) is 59.9 Å². The molecule has 98 valence electrons. The normalized spacial score (nSPS) is 21.3. The van der Waals surface area contributed by atoms with Crippen LogP contribution in [0.15, 0.2) is 48.5 Å². The first kappa shape index (κ1) is 12.3. The van der Waals surface area contributed by atoms with Gasteiger partial charge in [-0.1, -0.05) is 30.3 Å². The van der Waals surface area contributed by atoms with Crippen LogP contribution in [0.25, 0.3) is 0 Å². The number of fused-ring (bicyclic) bond motifs is 1. The molecule has 0 saturated heterocycles. The maximum Gasteiger partial charge on any atom is 0.198 e. The number of methoxy groups -OCH3 is 1. The van der Waals surface area contributed by atoms with E-state index in [0.717, 1.165) is 22.3 Å². The molecule has 0 amide bonds. The molecule has 0 spiro atoms. The minimum Gasteiger partial charge on any atom is -0.495 e. The van der Waals surface area contributed by atoms with Gasteiger partial charge in [-0.15, -0.1) is 0 Å². The summed E-state index contributed by atoms with van der Waals surface area (Å²) in [6.45, 7) is 2.50. The molecule has 0 saturated carbocycles. The molecule has 1 unspecified atom stereocenters. The van der Waals surface area contributed by atoms with Crippen molar-refractivity contribution in [2.45, 2.75) is 6.54 Å². The van der Waals surface area contributed by atoms with Crippen molar-refractivity contribution < 1.29 is 9.30 Å². The van der Waals surface area contributed by atoms with E-state index in [1.165, 1.54) is 0 Å². The van der Waals surface area contributed by atoms with Crippen molar-refractivity contribution in [3.8, 4) is 5.75 Å². The van der Waals surface area contributed by atoms with Crippen molar-refractivity contribution in [2.75, 3.05) is 18.4 Å². The fourth-order valence-corrected chi connectivity index (χ4v) is 4.91. The molecule has 1 atom stereocenters. The standard InChI is InChI=1S/C15H16NO2P/c1-18-14-9-5-4-8-13(14)16-11-12-7-3-6-10-15(12)19(16,2)17/h3-10H,11H2,1-2H3. The number of hydrogen-bond donors (Lipinski definition) is 0. The molecule has 1 aliphatic rings. The van der Waals surface area contributed by atoms with Crippen molar-refractivity contribution >= 4 is 18.3 Å². The molecule has 2 aromatic rings. The summed E-state index contributed by atoms with van der Waals surface area (Å²) in [7, 11) is -0.911. The number of ether oxygens (including phenoxy) is 1. The molecule has 4 heteroatoms. The van der Waals surface area contributed by atoms with Crippen molar-refractivity contribution in [1.82, 2.24) is 0 Å². The third-order valence-corrected chi connectivity index (χ3v) is 6.19. The highest BCUT2D eigenvalue weighted by Crippen LogP contribution is 2.55. The van der Waals surface area contributed by atoms with E-state index in [0.29, 0.717) is 6.54 Å². The van der Waals surface area contributed by atoms with Gasteiger partial charge in [0.2, 0.25) is 0 Å². The summed E-state index contributed by atoms with van der Waals surface area (Å²) in [5.41, 5.74) is 2.03.